The van der Waals surface area contributed by atoms with Crippen molar-refractivity contribution in [1.82, 2.24) is 15.0 Å². The Morgan fingerprint density at radius 1 is 1.22 bits per heavy atom. The van der Waals surface area contributed by atoms with E-state index in [1.165, 1.54) is 10.6 Å². The van der Waals surface area contributed by atoms with Crippen molar-refractivity contribution in [2.75, 3.05) is 12.5 Å². The van der Waals surface area contributed by atoms with Crippen LogP contribution in [0.25, 0.3) is 17.0 Å². The molecule has 7 heteroatoms. The third kappa shape index (κ3) is 4.14. The molecular formula is C20H20N4O3. The smallest absolute Gasteiger partial charge is 0.262 e. The molecule has 0 radical (unpaired) electrons. The molecule has 1 amide bonds. The van der Waals surface area contributed by atoms with Crippen molar-refractivity contribution < 1.29 is 9.53 Å². The molecule has 7 nitrogen and oxygen atoms in total. The van der Waals surface area contributed by atoms with Crippen molar-refractivity contribution in [1.29, 1.82) is 0 Å². The van der Waals surface area contributed by atoms with E-state index < -0.39 is 0 Å². The van der Waals surface area contributed by atoms with Crippen LogP contribution in [0.3, 0.4) is 0 Å². The highest BCUT2D eigenvalue weighted by Gasteiger charge is 2.09. The average Bonchev–Trinajstić information content (AvgIpc) is 2.71. The minimum absolute atomic E-state index is 0.160. The second-order valence-electron chi connectivity index (χ2n) is 5.73. The van der Waals surface area contributed by atoms with Crippen LogP contribution in [0.4, 0.5) is 5.95 Å². The van der Waals surface area contributed by atoms with Gasteiger partial charge in [-0.15, -0.1) is 0 Å². The Bertz CT molecular complexity index is 1060. The molecule has 0 aliphatic carbocycles. The molecule has 3 aromatic rings. The summed E-state index contributed by atoms with van der Waals surface area (Å²) in [4.78, 5) is 29.0. The van der Waals surface area contributed by atoms with Crippen molar-refractivity contribution in [2.45, 2.75) is 13.5 Å². The molecule has 2 N–H and O–H groups in total. The van der Waals surface area contributed by atoms with E-state index in [-0.39, 0.29) is 17.4 Å². The maximum absolute atomic E-state index is 12.5. The van der Waals surface area contributed by atoms with Gasteiger partial charge < -0.3 is 4.74 Å². The third-order valence-corrected chi connectivity index (χ3v) is 4.00. The second kappa shape index (κ2) is 8.18. The molecule has 0 unspecified atom stereocenters. The quantitative estimate of drug-likeness (QED) is 0.519. The number of nitrogens with zero attached hydrogens (tertiary/aromatic N) is 2. The van der Waals surface area contributed by atoms with E-state index in [9.17, 15) is 9.59 Å². The number of hydrogen-bond acceptors (Lipinski definition) is 5. The van der Waals surface area contributed by atoms with Gasteiger partial charge in [-0.3, -0.25) is 25.0 Å². The lowest BCUT2D eigenvalue weighted by atomic mass is 10.2. The normalized spacial score (nSPS) is 10.9. The minimum Gasteiger partial charge on any atom is -0.497 e. The summed E-state index contributed by atoms with van der Waals surface area (Å²) in [6, 6.07) is 14.4. The minimum atomic E-state index is -0.372. The van der Waals surface area contributed by atoms with Gasteiger partial charge in [0, 0.05) is 12.6 Å². The summed E-state index contributed by atoms with van der Waals surface area (Å²) < 4.78 is 6.62. The van der Waals surface area contributed by atoms with Gasteiger partial charge in [0.25, 0.3) is 11.5 Å². The number of benzene rings is 2. The molecule has 0 aliphatic rings. The standard InChI is InChI=1S/C20H20N4O3/c1-3-24-19(26)16-9-4-5-10-17(16)21-20(24)23-22-18(25)12-11-14-7-6-8-15(13-14)27-2/h4-13H,3H2,1-2H3,(H,21,23)(H,22,25)/b12-11+. The van der Waals surface area contributed by atoms with Crippen molar-refractivity contribution in [2.24, 2.45) is 0 Å². The molecule has 1 heterocycles. The predicted molar refractivity (Wildman–Crippen MR) is 105 cm³/mol. The molecular weight excluding hydrogens is 344 g/mol. The number of aromatic nitrogens is 2. The van der Waals surface area contributed by atoms with Crippen LogP contribution in [-0.4, -0.2) is 22.6 Å². The molecule has 1 aromatic heterocycles. The van der Waals surface area contributed by atoms with E-state index in [1.807, 2.05) is 37.3 Å². The Balaban J connectivity index is 1.75. The molecule has 3 rings (SSSR count). The van der Waals surface area contributed by atoms with Gasteiger partial charge in [-0.05, 0) is 42.8 Å². The first-order valence-electron chi connectivity index (χ1n) is 8.50. The van der Waals surface area contributed by atoms with Gasteiger partial charge in [0.1, 0.15) is 5.75 Å². The molecule has 2 aromatic carbocycles. The van der Waals surface area contributed by atoms with Crippen molar-refractivity contribution >= 4 is 28.8 Å². The highest BCUT2D eigenvalue weighted by molar-refractivity contribution is 5.92. The summed E-state index contributed by atoms with van der Waals surface area (Å²) in [5.74, 6) is 0.621. The highest BCUT2D eigenvalue weighted by atomic mass is 16.5. The van der Waals surface area contributed by atoms with Gasteiger partial charge in [0.15, 0.2) is 0 Å². The molecule has 0 bridgehead atoms. The van der Waals surface area contributed by atoms with Crippen LogP contribution in [0, 0.1) is 0 Å². The first kappa shape index (κ1) is 18.2. The van der Waals surface area contributed by atoms with E-state index in [2.05, 4.69) is 15.8 Å². The Kier molecular flexibility index (Phi) is 5.51. The third-order valence-electron chi connectivity index (χ3n) is 4.00. The molecule has 0 aliphatic heterocycles. The molecule has 138 valence electrons. The summed E-state index contributed by atoms with van der Waals surface area (Å²) in [6.07, 6.45) is 3.05. The number of carbonyl (C=O) groups is 1. The van der Waals surface area contributed by atoms with E-state index in [1.54, 1.807) is 31.4 Å². The largest absolute Gasteiger partial charge is 0.497 e. The van der Waals surface area contributed by atoms with Crippen LogP contribution in [0.1, 0.15) is 12.5 Å². The van der Waals surface area contributed by atoms with Crippen LogP contribution in [-0.2, 0) is 11.3 Å². The second-order valence-corrected chi connectivity index (χ2v) is 5.73. The molecule has 0 spiro atoms. The summed E-state index contributed by atoms with van der Waals surface area (Å²) >= 11 is 0. The van der Waals surface area contributed by atoms with Crippen LogP contribution >= 0.6 is 0 Å². The maximum Gasteiger partial charge on any atom is 0.262 e. The predicted octanol–water partition coefficient (Wildman–Crippen LogP) is 2.58. The van der Waals surface area contributed by atoms with Crippen LogP contribution in [0.5, 0.6) is 5.75 Å². The first-order valence-corrected chi connectivity index (χ1v) is 8.50. The van der Waals surface area contributed by atoms with Crippen LogP contribution in [0.2, 0.25) is 0 Å². The number of fused-ring (bicyclic) bond motifs is 1. The fourth-order valence-electron chi connectivity index (χ4n) is 2.63. The molecule has 27 heavy (non-hydrogen) atoms. The van der Waals surface area contributed by atoms with Gasteiger partial charge in [-0.2, -0.15) is 0 Å². The lowest BCUT2D eigenvalue weighted by molar-refractivity contribution is -0.116. The Morgan fingerprint density at radius 3 is 2.81 bits per heavy atom. The van der Waals surface area contributed by atoms with Gasteiger partial charge in [0.05, 0.1) is 18.0 Å². The van der Waals surface area contributed by atoms with Crippen LogP contribution in [0.15, 0.2) is 59.4 Å². The zero-order chi connectivity index (χ0) is 19.2. The lowest BCUT2D eigenvalue weighted by Crippen LogP contribution is -2.33. The summed E-state index contributed by atoms with van der Waals surface area (Å²) in [5, 5.41) is 0.536. The van der Waals surface area contributed by atoms with Crippen molar-refractivity contribution in [3.63, 3.8) is 0 Å². The Labute approximate surface area is 156 Å². The van der Waals surface area contributed by atoms with Crippen molar-refractivity contribution in [3.05, 3.63) is 70.5 Å². The number of para-hydroxylation sites is 1. The highest BCUT2D eigenvalue weighted by Crippen LogP contribution is 2.13. The van der Waals surface area contributed by atoms with E-state index >= 15 is 0 Å². The monoisotopic (exact) mass is 364 g/mol. The molecule has 0 saturated heterocycles. The number of hydrazine groups is 1. The fraction of sp³-hybridized carbons (Fsp3) is 0.150. The lowest BCUT2D eigenvalue weighted by Gasteiger charge is -2.13. The first-order chi connectivity index (χ1) is 13.1. The van der Waals surface area contributed by atoms with Gasteiger partial charge in [-0.1, -0.05) is 24.3 Å². The topological polar surface area (TPSA) is 85.2 Å². The molecule has 0 saturated carbocycles. The van der Waals surface area contributed by atoms with Gasteiger partial charge >= 0.3 is 0 Å². The van der Waals surface area contributed by atoms with Gasteiger partial charge in [0.2, 0.25) is 5.95 Å². The number of methoxy groups -OCH3 is 1. The van der Waals surface area contributed by atoms with Crippen molar-refractivity contribution in [3.8, 4) is 5.75 Å². The molecule has 0 fully saturated rings. The zero-order valence-corrected chi connectivity index (χ0v) is 15.1. The maximum atomic E-state index is 12.5. The fourth-order valence-corrected chi connectivity index (χ4v) is 2.63. The Hall–Kier alpha value is -3.61. The zero-order valence-electron chi connectivity index (χ0n) is 15.1. The number of amides is 1. The SMILES string of the molecule is CCn1c(NNC(=O)/C=C/c2cccc(OC)c2)nc2ccccc2c1=O. The summed E-state index contributed by atoms with van der Waals surface area (Å²) in [5.41, 5.74) is 6.50. The number of rotatable bonds is 6. The number of nitrogens with one attached hydrogen (secondary N) is 2. The Morgan fingerprint density at radius 2 is 2.04 bits per heavy atom. The van der Waals surface area contributed by atoms with Crippen LogP contribution < -0.4 is 21.1 Å². The number of anilines is 1. The average molecular weight is 364 g/mol. The molecule has 0 atom stereocenters. The number of carbonyl (C=O) groups excluding carboxylic acids is 1. The van der Waals surface area contributed by atoms with E-state index in [0.29, 0.717) is 23.2 Å². The summed E-state index contributed by atoms with van der Waals surface area (Å²) in [7, 11) is 1.59. The van der Waals surface area contributed by atoms with E-state index in [4.69, 9.17) is 4.74 Å². The number of hydrogen-bond donors (Lipinski definition) is 2. The number of ether oxygens (including phenoxy) is 1. The van der Waals surface area contributed by atoms with E-state index in [0.717, 1.165) is 5.56 Å². The summed E-state index contributed by atoms with van der Waals surface area (Å²) in [6.45, 7) is 2.27. The van der Waals surface area contributed by atoms with Gasteiger partial charge in [-0.25, -0.2) is 4.98 Å².